The molecule has 80 valence electrons. The second-order valence-corrected chi connectivity index (χ2v) is 3.56. The standard InChI is InChI=1S/C14H12FN/c1-11-6-5-9-14(15)13(11)10-16-12-7-3-2-4-8-12/h2-10H,1H3. The molecule has 0 heterocycles. The molecule has 0 fully saturated rings. The van der Waals surface area contributed by atoms with Gasteiger partial charge in [0.25, 0.3) is 0 Å². The summed E-state index contributed by atoms with van der Waals surface area (Å²) >= 11 is 0. The molecule has 1 nitrogen and oxygen atoms in total. The van der Waals surface area contributed by atoms with Gasteiger partial charge in [-0.2, -0.15) is 0 Å². The van der Waals surface area contributed by atoms with Crippen LogP contribution in [0.2, 0.25) is 0 Å². The second kappa shape index (κ2) is 4.71. The van der Waals surface area contributed by atoms with Gasteiger partial charge in [0.2, 0.25) is 0 Å². The Hall–Kier alpha value is -1.96. The highest BCUT2D eigenvalue weighted by Gasteiger charge is 2.01. The maximum atomic E-state index is 13.5. The van der Waals surface area contributed by atoms with Gasteiger partial charge in [0.1, 0.15) is 5.82 Å². The predicted molar refractivity (Wildman–Crippen MR) is 64.8 cm³/mol. The van der Waals surface area contributed by atoms with Gasteiger partial charge in [0.15, 0.2) is 0 Å². The number of rotatable bonds is 2. The Balaban J connectivity index is 2.31. The van der Waals surface area contributed by atoms with Crippen LogP contribution in [0.1, 0.15) is 11.1 Å². The van der Waals surface area contributed by atoms with E-state index in [2.05, 4.69) is 4.99 Å². The third-order valence-corrected chi connectivity index (χ3v) is 2.37. The zero-order chi connectivity index (χ0) is 11.4. The molecule has 2 heteroatoms. The van der Waals surface area contributed by atoms with Gasteiger partial charge in [-0.1, -0.05) is 30.3 Å². The van der Waals surface area contributed by atoms with Crippen LogP contribution >= 0.6 is 0 Å². The molecule has 0 spiro atoms. The first-order valence-corrected chi connectivity index (χ1v) is 5.11. The van der Waals surface area contributed by atoms with E-state index < -0.39 is 0 Å². The van der Waals surface area contributed by atoms with Crippen molar-refractivity contribution in [2.45, 2.75) is 6.92 Å². The van der Waals surface area contributed by atoms with E-state index in [-0.39, 0.29) is 5.82 Å². The average molecular weight is 213 g/mol. The van der Waals surface area contributed by atoms with Crippen molar-refractivity contribution in [2.75, 3.05) is 0 Å². The molecule has 0 amide bonds. The number of aryl methyl sites for hydroxylation is 1. The Morgan fingerprint density at radius 1 is 1.00 bits per heavy atom. The Bertz CT molecular complexity index is 483. The highest BCUT2D eigenvalue weighted by Crippen LogP contribution is 2.13. The quantitative estimate of drug-likeness (QED) is 0.671. The first-order chi connectivity index (χ1) is 7.77. The second-order valence-electron chi connectivity index (χ2n) is 3.56. The largest absolute Gasteiger partial charge is 0.256 e. The number of para-hydroxylation sites is 1. The fraction of sp³-hybridized carbons (Fsp3) is 0.0714. The lowest BCUT2D eigenvalue weighted by Crippen LogP contribution is -1.91. The molecule has 0 atom stereocenters. The molecule has 0 aliphatic heterocycles. The summed E-state index contributed by atoms with van der Waals surface area (Å²) in [6, 6.07) is 14.5. The van der Waals surface area contributed by atoms with E-state index in [1.54, 1.807) is 12.3 Å². The zero-order valence-corrected chi connectivity index (χ0v) is 9.02. The normalized spacial score (nSPS) is 10.9. The minimum atomic E-state index is -0.236. The molecule has 0 aliphatic carbocycles. The van der Waals surface area contributed by atoms with E-state index >= 15 is 0 Å². The van der Waals surface area contributed by atoms with Crippen molar-refractivity contribution in [3.8, 4) is 0 Å². The topological polar surface area (TPSA) is 12.4 Å². The third-order valence-electron chi connectivity index (χ3n) is 2.37. The first-order valence-electron chi connectivity index (χ1n) is 5.11. The van der Waals surface area contributed by atoms with Crippen LogP contribution in [0.5, 0.6) is 0 Å². The Morgan fingerprint density at radius 3 is 2.44 bits per heavy atom. The molecule has 0 bridgehead atoms. The summed E-state index contributed by atoms with van der Waals surface area (Å²) in [6.45, 7) is 1.87. The molecule has 0 unspecified atom stereocenters. The molecule has 2 aromatic carbocycles. The van der Waals surface area contributed by atoms with Crippen molar-refractivity contribution in [2.24, 2.45) is 4.99 Å². The average Bonchev–Trinajstić information content (AvgIpc) is 2.30. The summed E-state index contributed by atoms with van der Waals surface area (Å²) in [5, 5.41) is 0. The molecule has 16 heavy (non-hydrogen) atoms. The number of hydrogen-bond donors (Lipinski definition) is 0. The van der Waals surface area contributed by atoms with Crippen molar-refractivity contribution in [3.05, 3.63) is 65.5 Å². The van der Waals surface area contributed by atoms with Gasteiger partial charge in [0, 0.05) is 11.8 Å². The molecule has 0 saturated carbocycles. The maximum Gasteiger partial charge on any atom is 0.132 e. The number of hydrogen-bond acceptors (Lipinski definition) is 1. The van der Waals surface area contributed by atoms with Crippen LogP contribution in [-0.2, 0) is 0 Å². The summed E-state index contributed by atoms with van der Waals surface area (Å²) in [7, 11) is 0. The van der Waals surface area contributed by atoms with Crippen LogP contribution in [0, 0.1) is 12.7 Å². The third kappa shape index (κ3) is 2.34. The predicted octanol–water partition coefficient (Wildman–Crippen LogP) is 3.88. The molecular formula is C14H12FN. The highest BCUT2D eigenvalue weighted by molar-refractivity contribution is 5.84. The summed E-state index contributed by atoms with van der Waals surface area (Å²) in [5.41, 5.74) is 2.26. The molecule has 0 aromatic heterocycles. The fourth-order valence-corrected chi connectivity index (χ4v) is 1.46. The van der Waals surface area contributed by atoms with E-state index in [1.165, 1.54) is 6.07 Å². The summed E-state index contributed by atoms with van der Waals surface area (Å²) in [6.07, 6.45) is 1.57. The van der Waals surface area contributed by atoms with E-state index in [0.29, 0.717) is 5.56 Å². The van der Waals surface area contributed by atoms with Crippen LogP contribution < -0.4 is 0 Å². The summed E-state index contributed by atoms with van der Waals surface area (Å²) in [4.78, 5) is 4.23. The Labute approximate surface area is 94.3 Å². The summed E-state index contributed by atoms with van der Waals surface area (Å²) < 4.78 is 13.5. The lowest BCUT2D eigenvalue weighted by atomic mass is 10.1. The van der Waals surface area contributed by atoms with E-state index in [0.717, 1.165) is 11.3 Å². The van der Waals surface area contributed by atoms with Gasteiger partial charge >= 0.3 is 0 Å². The molecule has 0 radical (unpaired) electrons. The van der Waals surface area contributed by atoms with Crippen molar-refractivity contribution < 1.29 is 4.39 Å². The molecule has 0 aliphatic rings. The Kier molecular flexibility index (Phi) is 3.10. The zero-order valence-electron chi connectivity index (χ0n) is 9.02. The van der Waals surface area contributed by atoms with Gasteiger partial charge in [0.05, 0.1) is 5.69 Å². The molecule has 0 saturated heterocycles. The lowest BCUT2D eigenvalue weighted by molar-refractivity contribution is 0.624. The maximum absolute atomic E-state index is 13.5. The van der Waals surface area contributed by atoms with Crippen molar-refractivity contribution >= 4 is 11.9 Å². The van der Waals surface area contributed by atoms with Crippen LogP contribution in [-0.4, -0.2) is 6.21 Å². The Morgan fingerprint density at radius 2 is 1.75 bits per heavy atom. The van der Waals surface area contributed by atoms with Crippen LogP contribution in [0.4, 0.5) is 10.1 Å². The van der Waals surface area contributed by atoms with Crippen molar-refractivity contribution in [3.63, 3.8) is 0 Å². The SMILES string of the molecule is Cc1cccc(F)c1C=Nc1ccccc1. The fourth-order valence-electron chi connectivity index (χ4n) is 1.46. The van der Waals surface area contributed by atoms with Crippen LogP contribution in [0.15, 0.2) is 53.5 Å². The van der Waals surface area contributed by atoms with E-state index in [4.69, 9.17) is 0 Å². The molecule has 0 N–H and O–H groups in total. The van der Waals surface area contributed by atoms with Crippen LogP contribution in [0.3, 0.4) is 0 Å². The van der Waals surface area contributed by atoms with Crippen molar-refractivity contribution in [1.29, 1.82) is 0 Å². The smallest absolute Gasteiger partial charge is 0.132 e. The minimum absolute atomic E-state index is 0.236. The van der Waals surface area contributed by atoms with E-state index in [1.807, 2.05) is 43.3 Å². The minimum Gasteiger partial charge on any atom is -0.256 e. The lowest BCUT2D eigenvalue weighted by Gasteiger charge is -2.00. The van der Waals surface area contributed by atoms with Gasteiger partial charge < -0.3 is 0 Å². The monoisotopic (exact) mass is 213 g/mol. The highest BCUT2D eigenvalue weighted by atomic mass is 19.1. The molecular weight excluding hydrogens is 201 g/mol. The van der Waals surface area contributed by atoms with Gasteiger partial charge in [-0.15, -0.1) is 0 Å². The van der Waals surface area contributed by atoms with E-state index in [9.17, 15) is 4.39 Å². The molecule has 2 aromatic rings. The molecule has 2 rings (SSSR count). The van der Waals surface area contributed by atoms with Gasteiger partial charge in [-0.25, -0.2) is 4.39 Å². The van der Waals surface area contributed by atoms with Crippen LogP contribution in [0.25, 0.3) is 0 Å². The number of halogens is 1. The van der Waals surface area contributed by atoms with Gasteiger partial charge in [-0.05, 0) is 30.7 Å². The first kappa shape index (κ1) is 10.6. The van der Waals surface area contributed by atoms with Gasteiger partial charge in [-0.3, -0.25) is 4.99 Å². The number of aliphatic imine (C=N–C) groups is 1. The number of nitrogens with zero attached hydrogens (tertiary/aromatic N) is 1. The summed E-state index contributed by atoms with van der Waals surface area (Å²) in [5.74, 6) is -0.236. The number of benzene rings is 2. The van der Waals surface area contributed by atoms with Crippen molar-refractivity contribution in [1.82, 2.24) is 0 Å².